The van der Waals surface area contributed by atoms with Gasteiger partial charge in [0, 0.05) is 19.3 Å². The van der Waals surface area contributed by atoms with E-state index >= 15 is 0 Å². The molecule has 0 rings (SSSR count). The van der Waals surface area contributed by atoms with Crippen LogP contribution in [0, 0.1) is 0 Å². The van der Waals surface area contributed by atoms with E-state index in [-0.39, 0.29) is 31.1 Å². The molecule has 376 valence electrons. The van der Waals surface area contributed by atoms with E-state index in [1.165, 1.54) is 205 Å². The Balaban J connectivity index is 4.13. The molecule has 0 aromatic carbocycles. The van der Waals surface area contributed by atoms with E-state index in [2.05, 4.69) is 45.1 Å². The van der Waals surface area contributed by atoms with Crippen LogP contribution < -0.4 is 0 Å². The van der Waals surface area contributed by atoms with Crippen LogP contribution in [-0.2, 0) is 28.6 Å². The first kappa shape index (κ1) is 61.9. The van der Waals surface area contributed by atoms with E-state index in [1.807, 2.05) is 0 Å². The predicted molar refractivity (Wildman–Crippen MR) is 275 cm³/mol. The summed E-state index contributed by atoms with van der Waals surface area (Å²) in [4.78, 5) is 37.9. The van der Waals surface area contributed by atoms with Crippen molar-refractivity contribution in [2.24, 2.45) is 0 Å². The first-order chi connectivity index (χ1) is 31.5. The molecule has 6 heteroatoms. The highest BCUT2D eigenvalue weighted by Gasteiger charge is 2.19. The molecule has 0 amide bonds. The van der Waals surface area contributed by atoms with E-state index in [9.17, 15) is 14.4 Å². The molecule has 0 aromatic heterocycles. The van der Waals surface area contributed by atoms with Gasteiger partial charge in [-0.05, 0) is 51.4 Å². The van der Waals surface area contributed by atoms with Gasteiger partial charge in [-0.15, -0.1) is 0 Å². The molecule has 64 heavy (non-hydrogen) atoms. The SMILES string of the molecule is CCCCCCC/C=C\C/C=C\CCCCCCCCCCCCCCCC(=O)OCC(COC(=O)CCCCCCCCCCCC)OC(=O)CCCCCCCCCCCCC. The van der Waals surface area contributed by atoms with E-state index < -0.39 is 6.10 Å². The first-order valence-corrected chi connectivity index (χ1v) is 28.3. The Morgan fingerprint density at radius 1 is 0.312 bits per heavy atom. The highest BCUT2D eigenvalue weighted by molar-refractivity contribution is 5.71. The fourth-order valence-corrected chi connectivity index (χ4v) is 8.42. The number of carbonyl (C=O) groups excluding carboxylic acids is 3. The molecule has 0 aliphatic carbocycles. The monoisotopic (exact) mass is 901 g/mol. The fraction of sp³-hybridized carbons (Fsp3) is 0.879. The van der Waals surface area contributed by atoms with Gasteiger partial charge in [0.2, 0.25) is 0 Å². The maximum atomic E-state index is 12.8. The number of hydrogen-bond acceptors (Lipinski definition) is 6. The third-order valence-corrected chi connectivity index (χ3v) is 12.7. The summed E-state index contributed by atoms with van der Waals surface area (Å²) in [5.74, 6) is -0.852. The van der Waals surface area contributed by atoms with Crippen molar-refractivity contribution < 1.29 is 28.6 Å². The van der Waals surface area contributed by atoms with Gasteiger partial charge in [0.15, 0.2) is 6.10 Å². The lowest BCUT2D eigenvalue weighted by atomic mass is 10.0. The fourth-order valence-electron chi connectivity index (χ4n) is 8.42. The molecule has 0 aliphatic heterocycles. The average Bonchev–Trinajstić information content (AvgIpc) is 3.29. The molecule has 0 bridgehead atoms. The number of esters is 3. The molecule has 0 saturated carbocycles. The highest BCUT2D eigenvalue weighted by atomic mass is 16.6. The lowest BCUT2D eigenvalue weighted by molar-refractivity contribution is -0.167. The quantitative estimate of drug-likeness (QED) is 0.0262. The van der Waals surface area contributed by atoms with Crippen LogP contribution in [0.5, 0.6) is 0 Å². The van der Waals surface area contributed by atoms with Gasteiger partial charge in [0.25, 0.3) is 0 Å². The van der Waals surface area contributed by atoms with E-state index in [0.717, 1.165) is 64.2 Å². The van der Waals surface area contributed by atoms with Gasteiger partial charge in [-0.2, -0.15) is 0 Å². The summed E-state index contributed by atoms with van der Waals surface area (Å²) in [6, 6.07) is 0. The maximum absolute atomic E-state index is 12.8. The van der Waals surface area contributed by atoms with Crippen LogP contribution in [-0.4, -0.2) is 37.2 Å². The minimum Gasteiger partial charge on any atom is -0.462 e. The molecule has 1 unspecified atom stereocenters. The summed E-state index contributed by atoms with van der Waals surface area (Å²) in [5, 5.41) is 0. The summed E-state index contributed by atoms with van der Waals surface area (Å²) < 4.78 is 16.8. The van der Waals surface area contributed by atoms with Gasteiger partial charge in [0.05, 0.1) is 0 Å². The summed E-state index contributed by atoms with van der Waals surface area (Å²) in [6.07, 6.45) is 61.8. The van der Waals surface area contributed by atoms with Crippen molar-refractivity contribution in [2.45, 2.75) is 316 Å². The zero-order valence-corrected chi connectivity index (χ0v) is 43.1. The minimum atomic E-state index is -0.764. The Hall–Kier alpha value is -2.11. The third kappa shape index (κ3) is 50.9. The molecule has 0 aromatic rings. The standard InChI is InChI=1S/C58H108O6/c1-4-7-10-13-16-19-22-23-24-25-26-27-28-29-30-31-32-33-34-35-37-39-42-45-48-51-57(60)63-54-55(53-62-56(59)50-47-44-41-38-21-18-15-12-9-6-3)64-58(61)52-49-46-43-40-36-20-17-14-11-8-5-2/h22-23,25-26,55H,4-21,24,27-54H2,1-3H3/b23-22-,26-25-. The van der Waals surface area contributed by atoms with Crippen molar-refractivity contribution >= 4 is 17.9 Å². The zero-order chi connectivity index (χ0) is 46.5. The van der Waals surface area contributed by atoms with E-state index in [0.29, 0.717) is 19.3 Å². The Bertz CT molecular complexity index is 1040. The highest BCUT2D eigenvalue weighted by Crippen LogP contribution is 2.16. The van der Waals surface area contributed by atoms with E-state index in [4.69, 9.17) is 14.2 Å². The van der Waals surface area contributed by atoms with Crippen molar-refractivity contribution in [2.75, 3.05) is 13.2 Å². The Labute approximate surface area is 398 Å². The Morgan fingerprint density at radius 3 is 0.859 bits per heavy atom. The van der Waals surface area contributed by atoms with Gasteiger partial charge in [-0.3, -0.25) is 14.4 Å². The molecule has 0 radical (unpaired) electrons. The van der Waals surface area contributed by atoms with Gasteiger partial charge in [-0.25, -0.2) is 0 Å². The topological polar surface area (TPSA) is 78.9 Å². The third-order valence-electron chi connectivity index (χ3n) is 12.7. The Morgan fingerprint density at radius 2 is 0.562 bits per heavy atom. The van der Waals surface area contributed by atoms with Crippen molar-refractivity contribution in [3.63, 3.8) is 0 Å². The molecule has 0 N–H and O–H groups in total. The van der Waals surface area contributed by atoms with Crippen molar-refractivity contribution in [1.29, 1.82) is 0 Å². The van der Waals surface area contributed by atoms with Crippen LogP contribution in [0.15, 0.2) is 24.3 Å². The van der Waals surface area contributed by atoms with Crippen LogP contribution in [0.4, 0.5) is 0 Å². The predicted octanol–water partition coefficient (Wildman–Crippen LogP) is 18.7. The first-order valence-electron chi connectivity index (χ1n) is 28.3. The second-order valence-electron chi connectivity index (χ2n) is 19.2. The molecule has 1 atom stereocenters. The lowest BCUT2D eigenvalue weighted by Crippen LogP contribution is -2.30. The van der Waals surface area contributed by atoms with Gasteiger partial charge < -0.3 is 14.2 Å². The molecule has 0 saturated heterocycles. The summed E-state index contributed by atoms with van der Waals surface area (Å²) >= 11 is 0. The Kier molecular flexibility index (Phi) is 51.7. The second kappa shape index (κ2) is 53.5. The number of allylic oxidation sites excluding steroid dienone is 4. The van der Waals surface area contributed by atoms with Gasteiger partial charge in [-0.1, -0.05) is 263 Å². The molecule has 0 aliphatic rings. The van der Waals surface area contributed by atoms with Crippen molar-refractivity contribution in [1.82, 2.24) is 0 Å². The van der Waals surface area contributed by atoms with Crippen molar-refractivity contribution in [3.05, 3.63) is 24.3 Å². The number of ether oxygens (including phenoxy) is 3. The smallest absolute Gasteiger partial charge is 0.306 e. The number of carbonyl (C=O) groups is 3. The normalized spacial score (nSPS) is 12.1. The summed E-state index contributed by atoms with van der Waals surface area (Å²) in [6.45, 7) is 6.64. The summed E-state index contributed by atoms with van der Waals surface area (Å²) in [5.41, 5.74) is 0. The minimum absolute atomic E-state index is 0.0660. The molecule has 0 spiro atoms. The number of hydrogen-bond donors (Lipinski definition) is 0. The summed E-state index contributed by atoms with van der Waals surface area (Å²) in [7, 11) is 0. The number of unbranched alkanes of at least 4 members (excludes halogenated alkanes) is 37. The largest absolute Gasteiger partial charge is 0.462 e. The molecular formula is C58H108O6. The van der Waals surface area contributed by atoms with Crippen LogP contribution in [0.25, 0.3) is 0 Å². The van der Waals surface area contributed by atoms with Crippen LogP contribution in [0.1, 0.15) is 310 Å². The molecule has 0 fully saturated rings. The van der Waals surface area contributed by atoms with Crippen LogP contribution >= 0.6 is 0 Å². The number of rotatable bonds is 52. The van der Waals surface area contributed by atoms with Crippen LogP contribution in [0.3, 0.4) is 0 Å². The molecule has 0 heterocycles. The maximum Gasteiger partial charge on any atom is 0.306 e. The van der Waals surface area contributed by atoms with Gasteiger partial charge in [0.1, 0.15) is 13.2 Å². The zero-order valence-electron chi connectivity index (χ0n) is 43.1. The van der Waals surface area contributed by atoms with Gasteiger partial charge >= 0.3 is 17.9 Å². The molecule has 6 nitrogen and oxygen atoms in total. The lowest BCUT2D eigenvalue weighted by Gasteiger charge is -2.18. The van der Waals surface area contributed by atoms with E-state index in [1.54, 1.807) is 0 Å². The second-order valence-corrected chi connectivity index (χ2v) is 19.2. The molecular weight excluding hydrogens is 793 g/mol. The van der Waals surface area contributed by atoms with Crippen molar-refractivity contribution in [3.8, 4) is 0 Å². The van der Waals surface area contributed by atoms with Crippen LogP contribution in [0.2, 0.25) is 0 Å². The average molecular weight is 901 g/mol.